The minimum Gasteiger partial charge on any atom is -0.480 e. The van der Waals surface area contributed by atoms with Crippen molar-refractivity contribution >= 4 is 27.7 Å². The smallest absolute Gasteiger partial charge is 0.232 e. The van der Waals surface area contributed by atoms with Crippen molar-refractivity contribution in [3.8, 4) is 5.88 Å². The molecular weight excluding hydrogens is 274 g/mol. The molecule has 0 atom stereocenters. The summed E-state index contributed by atoms with van der Waals surface area (Å²) < 4.78 is 7.47. The first-order chi connectivity index (χ1) is 7.69. The number of methoxy groups -OCH3 is 1. The van der Waals surface area contributed by atoms with E-state index in [4.69, 9.17) is 4.74 Å². The lowest BCUT2D eigenvalue weighted by Gasteiger charge is -2.04. The number of nitrogens with one attached hydrogen (secondary N) is 1. The van der Waals surface area contributed by atoms with Gasteiger partial charge < -0.3 is 10.1 Å². The molecular formula is C9H10BrN5O. The molecule has 2 aromatic rings. The lowest BCUT2D eigenvalue weighted by molar-refractivity contribution is 0.394. The molecule has 0 fully saturated rings. The standard InChI is InChI=1S/C9H10BrN5O/c1-15-4-3-7(14-15)12-9-11-5-6(10)8(13-9)16-2/h3-5H,1-2H3,(H,11,12,13,14). The summed E-state index contributed by atoms with van der Waals surface area (Å²) >= 11 is 3.28. The summed E-state index contributed by atoms with van der Waals surface area (Å²) in [6.07, 6.45) is 3.45. The van der Waals surface area contributed by atoms with Crippen LogP contribution < -0.4 is 10.1 Å². The Morgan fingerprint density at radius 1 is 1.50 bits per heavy atom. The van der Waals surface area contributed by atoms with E-state index < -0.39 is 0 Å². The first kappa shape index (κ1) is 10.9. The Bertz CT molecular complexity index is 498. The van der Waals surface area contributed by atoms with Crippen LogP contribution in [0.4, 0.5) is 11.8 Å². The Morgan fingerprint density at radius 3 is 2.94 bits per heavy atom. The van der Waals surface area contributed by atoms with Crippen LogP contribution in [-0.2, 0) is 7.05 Å². The number of rotatable bonds is 3. The van der Waals surface area contributed by atoms with Crippen molar-refractivity contribution in [3.05, 3.63) is 22.9 Å². The van der Waals surface area contributed by atoms with Crippen LogP contribution in [0.2, 0.25) is 0 Å². The highest BCUT2D eigenvalue weighted by atomic mass is 79.9. The molecule has 0 bridgehead atoms. The first-order valence-corrected chi connectivity index (χ1v) is 5.31. The highest BCUT2D eigenvalue weighted by Crippen LogP contribution is 2.22. The quantitative estimate of drug-likeness (QED) is 0.929. The van der Waals surface area contributed by atoms with E-state index in [-0.39, 0.29) is 0 Å². The molecule has 6 nitrogen and oxygen atoms in total. The fourth-order valence-electron chi connectivity index (χ4n) is 1.15. The van der Waals surface area contributed by atoms with Gasteiger partial charge in [-0.25, -0.2) is 4.98 Å². The third kappa shape index (κ3) is 2.30. The van der Waals surface area contributed by atoms with Crippen LogP contribution in [0.1, 0.15) is 0 Å². The number of hydrogen-bond donors (Lipinski definition) is 1. The zero-order valence-electron chi connectivity index (χ0n) is 8.81. The molecule has 0 aliphatic rings. The zero-order chi connectivity index (χ0) is 11.5. The number of aromatic nitrogens is 4. The van der Waals surface area contributed by atoms with E-state index in [9.17, 15) is 0 Å². The molecule has 16 heavy (non-hydrogen) atoms. The number of nitrogens with zero attached hydrogens (tertiary/aromatic N) is 4. The van der Waals surface area contributed by atoms with Gasteiger partial charge in [-0.3, -0.25) is 4.68 Å². The summed E-state index contributed by atoms with van der Waals surface area (Å²) in [6.45, 7) is 0. The van der Waals surface area contributed by atoms with E-state index in [1.807, 2.05) is 19.3 Å². The molecule has 0 unspecified atom stereocenters. The van der Waals surface area contributed by atoms with Crippen molar-refractivity contribution in [2.75, 3.05) is 12.4 Å². The van der Waals surface area contributed by atoms with Gasteiger partial charge in [0.05, 0.1) is 17.8 Å². The largest absolute Gasteiger partial charge is 0.480 e. The molecule has 7 heteroatoms. The molecule has 2 heterocycles. The Kier molecular flexibility index (Phi) is 3.04. The van der Waals surface area contributed by atoms with Gasteiger partial charge in [-0.15, -0.1) is 0 Å². The maximum atomic E-state index is 5.06. The van der Waals surface area contributed by atoms with Crippen molar-refractivity contribution in [2.24, 2.45) is 7.05 Å². The topological polar surface area (TPSA) is 64.9 Å². The molecule has 0 aliphatic carbocycles. The van der Waals surface area contributed by atoms with Crippen LogP contribution in [0.5, 0.6) is 5.88 Å². The lowest BCUT2D eigenvalue weighted by Crippen LogP contribution is -2.00. The minimum atomic E-state index is 0.443. The predicted octanol–water partition coefficient (Wildman–Crippen LogP) is 1.72. The summed E-state index contributed by atoms with van der Waals surface area (Å²) in [6, 6.07) is 1.83. The van der Waals surface area contributed by atoms with Crippen molar-refractivity contribution < 1.29 is 4.74 Å². The van der Waals surface area contributed by atoms with E-state index >= 15 is 0 Å². The number of halogens is 1. The molecule has 0 saturated heterocycles. The highest BCUT2D eigenvalue weighted by molar-refractivity contribution is 9.10. The Balaban J connectivity index is 2.21. The van der Waals surface area contributed by atoms with Crippen molar-refractivity contribution in [3.63, 3.8) is 0 Å². The molecule has 0 saturated carbocycles. The van der Waals surface area contributed by atoms with E-state index in [0.717, 1.165) is 0 Å². The fourth-order valence-corrected chi connectivity index (χ4v) is 1.50. The third-order valence-corrected chi connectivity index (χ3v) is 2.40. The second kappa shape index (κ2) is 4.48. The Hall–Kier alpha value is -1.63. The third-order valence-electron chi connectivity index (χ3n) is 1.86. The summed E-state index contributed by atoms with van der Waals surface area (Å²) in [5.41, 5.74) is 0. The first-order valence-electron chi connectivity index (χ1n) is 4.52. The van der Waals surface area contributed by atoms with E-state index in [2.05, 4.69) is 36.3 Å². The van der Waals surface area contributed by atoms with Crippen molar-refractivity contribution in [2.45, 2.75) is 0 Å². The summed E-state index contributed by atoms with van der Waals surface area (Å²) in [5.74, 6) is 1.61. The van der Waals surface area contributed by atoms with Gasteiger partial charge in [0, 0.05) is 19.3 Å². The van der Waals surface area contributed by atoms with Crippen LogP contribution in [0.3, 0.4) is 0 Å². The van der Waals surface area contributed by atoms with E-state index in [1.165, 1.54) is 0 Å². The number of hydrogen-bond acceptors (Lipinski definition) is 5. The molecule has 0 amide bonds. The zero-order valence-corrected chi connectivity index (χ0v) is 10.4. The van der Waals surface area contributed by atoms with Gasteiger partial charge in [0.15, 0.2) is 5.82 Å². The second-order valence-corrected chi connectivity index (χ2v) is 3.90. The predicted molar refractivity (Wildman–Crippen MR) is 62.8 cm³/mol. The fraction of sp³-hybridized carbons (Fsp3) is 0.222. The van der Waals surface area contributed by atoms with Crippen LogP contribution in [-0.4, -0.2) is 26.9 Å². The van der Waals surface area contributed by atoms with Gasteiger partial charge in [0.25, 0.3) is 0 Å². The van der Waals surface area contributed by atoms with Crippen LogP contribution >= 0.6 is 15.9 Å². The van der Waals surface area contributed by atoms with E-state index in [1.54, 1.807) is 18.0 Å². The molecule has 0 radical (unpaired) electrons. The highest BCUT2D eigenvalue weighted by Gasteiger charge is 2.06. The van der Waals surface area contributed by atoms with Crippen LogP contribution in [0.25, 0.3) is 0 Å². The van der Waals surface area contributed by atoms with E-state index in [0.29, 0.717) is 22.1 Å². The number of anilines is 2. The molecule has 0 spiro atoms. The van der Waals surface area contributed by atoms with Gasteiger partial charge in [0.1, 0.15) is 0 Å². The number of ether oxygens (including phenoxy) is 1. The van der Waals surface area contributed by atoms with Crippen molar-refractivity contribution in [1.29, 1.82) is 0 Å². The Morgan fingerprint density at radius 2 is 2.31 bits per heavy atom. The van der Waals surface area contributed by atoms with Crippen molar-refractivity contribution in [1.82, 2.24) is 19.7 Å². The van der Waals surface area contributed by atoms with Gasteiger partial charge >= 0.3 is 0 Å². The molecule has 0 aromatic carbocycles. The number of aryl methyl sites for hydroxylation is 1. The molecule has 84 valence electrons. The average molecular weight is 284 g/mol. The monoisotopic (exact) mass is 283 g/mol. The maximum absolute atomic E-state index is 5.06. The molecule has 1 N–H and O–H groups in total. The minimum absolute atomic E-state index is 0.443. The SMILES string of the molecule is COc1nc(Nc2ccn(C)n2)ncc1Br. The molecule has 0 aliphatic heterocycles. The normalized spacial score (nSPS) is 10.2. The van der Waals surface area contributed by atoms with Crippen LogP contribution in [0, 0.1) is 0 Å². The summed E-state index contributed by atoms with van der Waals surface area (Å²) in [5, 5.41) is 7.13. The average Bonchev–Trinajstić information content (AvgIpc) is 2.67. The maximum Gasteiger partial charge on any atom is 0.232 e. The van der Waals surface area contributed by atoms with Gasteiger partial charge in [-0.2, -0.15) is 10.1 Å². The van der Waals surface area contributed by atoms with Crippen LogP contribution in [0.15, 0.2) is 22.9 Å². The summed E-state index contributed by atoms with van der Waals surface area (Å²) in [4.78, 5) is 8.25. The lowest BCUT2D eigenvalue weighted by atomic mass is 10.6. The molecule has 2 rings (SSSR count). The van der Waals surface area contributed by atoms with Gasteiger partial charge in [0.2, 0.25) is 11.8 Å². The second-order valence-electron chi connectivity index (χ2n) is 3.05. The molecule has 2 aromatic heterocycles. The van der Waals surface area contributed by atoms with Gasteiger partial charge in [-0.1, -0.05) is 0 Å². The Labute approximate surface area is 101 Å². The summed E-state index contributed by atoms with van der Waals surface area (Å²) in [7, 11) is 3.39. The van der Waals surface area contributed by atoms with Gasteiger partial charge in [-0.05, 0) is 15.9 Å².